The third kappa shape index (κ3) is 64.8. The molecule has 0 spiro atoms. The Hall–Kier alpha value is -4.37. The number of unbranched alkanes of at least 4 members (excludes halogenated alkanes) is 17. The zero-order valence-corrected chi connectivity index (χ0v) is 53.5. The number of carbonyl (C=O) groups is 2. The minimum Gasteiger partial charge on any atom is -0.756 e. The van der Waals surface area contributed by atoms with Crippen molar-refractivity contribution in [3.8, 4) is 0 Å². The molecular weight excluding hydrogens is 1040 g/mol. The van der Waals surface area contributed by atoms with Crippen LogP contribution in [-0.2, 0) is 32.7 Å². The van der Waals surface area contributed by atoms with Gasteiger partial charge in [0.05, 0.1) is 27.7 Å². The van der Waals surface area contributed by atoms with Crippen molar-refractivity contribution in [2.24, 2.45) is 0 Å². The largest absolute Gasteiger partial charge is 0.756 e. The first-order valence-electron chi connectivity index (χ1n) is 32.2. The van der Waals surface area contributed by atoms with Gasteiger partial charge in [-0.2, -0.15) is 0 Å². The summed E-state index contributed by atoms with van der Waals surface area (Å²) in [6.45, 7) is 3.96. The van der Waals surface area contributed by atoms with E-state index in [1.807, 2.05) is 21.1 Å². The van der Waals surface area contributed by atoms with Crippen LogP contribution in [0.4, 0.5) is 0 Å². The van der Waals surface area contributed by atoms with Gasteiger partial charge in [-0.25, -0.2) is 0 Å². The van der Waals surface area contributed by atoms with Gasteiger partial charge >= 0.3 is 11.9 Å². The molecule has 0 aliphatic rings. The Balaban J connectivity index is 4.17. The fraction of sp³-hybridized carbons (Fsp3) is 0.611. The van der Waals surface area contributed by atoms with Crippen molar-refractivity contribution in [2.75, 3.05) is 47.5 Å². The first-order valence-corrected chi connectivity index (χ1v) is 33.7. The molecule has 82 heavy (non-hydrogen) atoms. The number of likely N-dealkylation sites (N-methyl/N-ethyl adjacent to an activating group) is 1. The summed E-state index contributed by atoms with van der Waals surface area (Å²) >= 11 is 0. The Morgan fingerprint density at radius 2 is 0.659 bits per heavy atom. The molecule has 0 fully saturated rings. The third-order valence-electron chi connectivity index (χ3n) is 13.0. The molecule has 0 amide bonds. The van der Waals surface area contributed by atoms with Gasteiger partial charge in [0.1, 0.15) is 19.8 Å². The van der Waals surface area contributed by atoms with Gasteiger partial charge in [-0.1, -0.05) is 255 Å². The number of esters is 2. The highest BCUT2D eigenvalue weighted by Crippen LogP contribution is 2.38. The molecule has 0 heterocycles. The van der Waals surface area contributed by atoms with E-state index in [0.717, 1.165) is 128 Å². The van der Waals surface area contributed by atoms with Gasteiger partial charge in [-0.3, -0.25) is 14.2 Å². The Bertz CT molecular complexity index is 1940. The predicted octanol–water partition coefficient (Wildman–Crippen LogP) is 20.2. The van der Waals surface area contributed by atoms with Crippen LogP contribution in [0, 0.1) is 0 Å². The lowest BCUT2D eigenvalue weighted by Gasteiger charge is -2.28. The first kappa shape index (κ1) is 77.6. The van der Waals surface area contributed by atoms with E-state index < -0.39 is 32.5 Å². The second-order valence-electron chi connectivity index (χ2n) is 22.0. The van der Waals surface area contributed by atoms with E-state index in [1.54, 1.807) is 0 Å². The van der Waals surface area contributed by atoms with Crippen LogP contribution in [-0.4, -0.2) is 70.0 Å². The summed E-state index contributed by atoms with van der Waals surface area (Å²) in [5.41, 5.74) is 0. The lowest BCUT2D eigenvalue weighted by molar-refractivity contribution is -0.870. The number of hydrogen-bond acceptors (Lipinski definition) is 8. The molecule has 0 aromatic rings. The number of nitrogens with zero attached hydrogens (tertiary/aromatic N) is 1. The van der Waals surface area contributed by atoms with E-state index in [2.05, 4.69) is 172 Å². The Kier molecular flexibility index (Phi) is 57.9. The SMILES string of the molecule is CC/C=C\C/C=C\C/C=C\C/C=C\C/C=C\C/C=C\C/C=C\CCCCCCCCCCCCCCCC(=O)OC(COC(=O)CCCCCC/C=C\C/C=C\C/C=C\C/C=C\C/C=C\C/C=C\CC)COP(=O)([O-])OCC[N+](C)(C)C. The maximum Gasteiger partial charge on any atom is 0.306 e. The maximum absolute atomic E-state index is 12.8. The van der Waals surface area contributed by atoms with Crippen LogP contribution < -0.4 is 4.89 Å². The lowest BCUT2D eigenvalue weighted by Crippen LogP contribution is -2.37. The third-order valence-corrected chi connectivity index (χ3v) is 14.0. The molecule has 0 aromatic heterocycles. The average molecular weight is 1160 g/mol. The first-order chi connectivity index (χ1) is 40.0. The number of hydrogen-bond donors (Lipinski definition) is 0. The highest BCUT2D eigenvalue weighted by Gasteiger charge is 2.22. The molecule has 2 unspecified atom stereocenters. The van der Waals surface area contributed by atoms with E-state index >= 15 is 0 Å². The summed E-state index contributed by atoms with van der Waals surface area (Å²) in [7, 11) is 1.13. The number of rotatable bonds is 57. The normalized spacial score (nSPS) is 14.3. The molecule has 0 radical (unpaired) electrons. The fourth-order valence-corrected chi connectivity index (χ4v) is 8.90. The number of quaternary nitrogens is 1. The predicted molar refractivity (Wildman–Crippen MR) is 350 cm³/mol. The van der Waals surface area contributed by atoms with Crippen molar-refractivity contribution in [1.29, 1.82) is 0 Å². The molecular formula is C72H118NO8P. The molecule has 0 aliphatic heterocycles. The summed E-state index contributed by atoms with van der Waals surface area (Å²) in [5.74, 6) is -0.873. The molecule has 0 bridgehead atoms. The average Bonchev–Trinajstić information content (AvgIpc) is 3.45. The highest BCUT2D eigenvalue weighted by molar-refractivity contribution is 7.45. The zero-order valence-electron chi connectivity index (χ0n) is 52.6. The Morgan fingerprint density at radius 3 is 0.976 bits per heavy atom. The van der Waals surface area contributed by atoms with Crippen LogP contribution in [0.3, 0.4) is 0 Å². The van der Waals surface area contributed by atoms with E-state index in [9.17, 15) is 19.0 Å². The van der Waals surface area contributed by atoms with Gasteiger partial charge in [-0.15, -0.1) is 0 Å². The van der Waals surface area contributed by atoms with Crippen LogP contribution in [0.5, 0.6) is 0 Å². The maximum atomic E-state index is 12.8. The smallest absolute Gasteiger partial charge is 0.306 e. The molecule has 10 heteroatoms. The van der Waals surface area contributed by atoms with Gasteiger partial charge in [0.2, 0.25) is 0 Å². The number of allylic oxidation sites excluding steroid dienone is 26. The summed E-state index contributed by atoms with van der Waals surface area (Å²) in [5, 5.41) is 0. The molecule has 0 aliphatic carbocycles. The minimum atomic E-state index is -4.66. The topological polar surface area (TPSA) is 111 Å². The zero-order chi connectivity index (χ0) is 59.8. The van der Waals surface area contributed by atoms with Gasteiger partial charge in [-0.05, 0) is 122 Å². The molecule has 0 rings (SSSR count). The Labute approximate surface area is 503 Å². The fourth-order valence-electron chi connectivity index (χ4n) is 8.17. The summed E-state index contributed by atoms with van der Waals surface area (Å²) in [6.07, 6.45) is 91.6. The summed E-state index contributed by atoms with van der Waals surface area (Å²) in [6, 6.07) is 0. The van der Waals surface area contributed by atoms with Crippen LogP contribution in [0.25, 0.3) is 0 Å². The quantitative estimate of drug-likeness (QED) is 0.0195. The standard InChI is InChI=1S/C72H118NO8P/c1-6-8-10-12-14-16-18-20-22-24-26-28-30-31-32-33-34-35-36-37-38-39-40-41-43-45-47-49-51-53-55-57-59-61-63-65-72(75)81-70(69-80-82(76,77)79-67-66-73(3,4)5)68-78-71(74)64-62-60-58-56-54-52-50-48-46-44-42-29-27-25-23-21-19-17-15-13-11-9-7-2/h8-11,14-17,20-23,26-29,31-32,34-35,37-38,44,46,50,52,70H,6-7,12-13,18-19,24-25,30,33,36,39-43,45,47-49,51,53-69H2,1-5H3/b10-8-,11-9-,16-14-,17-15-,22-20-,23-21-,28-26-,29-27-,32-31-,35-34-,38-37-,46-44-,52-50-. The van der Waals surface area contributed by atoms with Crippen molar-refractivity contribution in [2.45, 2.75) is 238 Å². The second-order valence-corrected chi connectivity index (χ2v) is 23.4. The molecule has 2 atom stereocenters. The number of ether oxygens (including phenoxy) is 2. The molecule has 464 valence electrons. The minimum absolute atomic E-state index is 0.0438. The molecule has 9 nitrogen and oxygen atoms in total. The number of carbonyl (C=O) groups excluding carboxylic acids is 2. The summed E-state index contributed by atoms with van der Waals surface area (Å²) in [4.78, 5) is 38.0. The molecule has 0 saturated heterocycles. The van der Waals surface area contributed by atoms with E-state index in [4.69, 9.17) is 18.5 Å². The molecule has 0 saturated carbocycles. The van der Waals surface area contributed by atoms with E-state index in [0.29, 0.717) is 23.9 Å². The van der Waals surface area contributed by atoms with E-state index in [1.165, 1.54) is 64.2 Å². The lowest BCUT2D eigenvalue weighted by atomic mass is 10.0. The van der Waals surface area contributed by atoms with Crippen molar-refractivity contribution >= 4 is 19.8 Å². The van der Waals surface area contributed by atoms with Crippen molar-refractivity contribution in [3.63, 3.8) is 0 Å². The van der Waals surface area contributed by atoms with Crippen molar-refractivity contribution in [1.82, 2.24) is 0 Å². The van der Waals surface area contributed by atoms with Gasteiger partial charge in [0.15, 0.2) is 6.10 Å². The molecule has 0 N–H and O–H groups in total. The van der Waals surface area contributed by atoms with Crippen molar-refractivity contribution < 1.29 is 42.1 Å². The molecule has 0 aromatic carbocycles. The van der Waals surface area contributed by atoms with Gasteiger partial charge < -0.3 is 27.9 Å². The van der Waals surface area contributed by atoms with Crippen LogP contribution in [0.1, 0.15) is 232 Å². The van der Waals surface area contributed by atoms with Crippen LogP contribution in [0.15, 0.2) is 158 Å². The Morgan fingerprint density at radius 1 is 0.378 bits per heavy atom. The van der Waals surface area contributed by atoms with Crippen LogP contribution in [0.2, 0.25) is 0 Å². The second kappa shape index (κ2) is 61.2. The van der Waals surface area contributed by atoms with Crippen LogP contribution >= 0.6 is 7.82 Å². The van der Waals surface area contributed by atoms with Gasteiger partial charge in [0, 0.05) is 12.8 Å². The van der Waals surface area contributed by atoms with Crippen molar-refractivity contribution in [3.05, 3.63) is 158 Å². The highest BCUT2D eigenvalue weighted by atomic mass is 31.2. The number of phosphoric ester groups is 1. The van der Waals surface area contributed by atoms with E-state index in [-0.39, 0.29) is 26.1 Å². The number of phosphoric acid groups is 1. The monoisotopic (exact) mass is 1160 g/mol. The van der Waals surface area contributed by atoms with Gasteiger partial charge in [0.25, 0.3) is 7.82 Å². The summed E-state index contributed by atoms with van der Waals surface area (Å²) < 4.78 is 34.2.